The number of nitrogens with one attached hydrogen (secondary N) is 2. The van der Waals surface area contributed by atoms with Gasteiger partial charge in [0.25, 0.3) is 0 Å². The number of hydrogen-bond donors (Lipinski definition) is 3. The molecule has 4 N–H and O–H groups in total. The lowest BCUT2D eigenvalue weighted by atomic mass is 10.0. The van der Waals surface area contributed by atoms with Crippen molar-refractivity contribution < 1.29 is 0 Å². The minimum atomic E-state index is 0.570. The van der Waals surface area contributed by atoms with E-state index in [0.29, 0.717) is 6.04 Å². The van der Waals surface area contributed by atoms with Gasteiger partial charge in [0.2, 0.25) is 5.96 Å². The van der Waals surface area contributed by atoms with Gasteiger partial charge in [-0.2, -0.15) is 0 Å². The summed E-state index contributed by atoms with van der Waals surface area (Å²) in [5.74, 6) is 6.17. The van der Waals surface area contributed by atoms with Crippen LogP contribution in [0.3, 0.4) is 0 Å². The average molecular weight is 241 g/mol. The van der Waals surface area contributed by atoms with E-state index in [9.17, 15) is 0 Å². The average Bonchev–Trinajstić information content (AvgIpc) is 2.35. The molecule has 1 atom stereocenters. The quantitative estimate of drug-likeness (QED) is 0.218. The van der Waals surface area contributed by atoms with Crippen molar-refractivity contribution in [1.29, 1.82) is 0 Å². The number of nitrogens with zero attached hydrogens (tertiary/aromatic N) is 2. The summed E-state index contributed by atoms with van der Waals surface area (Å²) in [6, 6.07) is 0.570. The van der Waals surface area contributed by atoms with Crippen LogP contribution >= 0.6 is 0 Å². The van der Waals surface area contributed by atoms with Crippen molar-refractivity contribution in [3.63, 3.8) is 0 Å². The highest BCUT2D eigenvalue weighted by Crippen LogP contribution is 2.14. The fraction of sp³-hybridized carbons (Fsp3) is 0.917. The molecule has 1 unspecified atom stereocenters. The second-order valence-electron chi connectivity index (χ2n) is 4.74. The smallest absolute Gasteiger partial charge is 0.205 e. The van der Waals surface area contributed by atoms with Crippen LogP contribution in [-0.2, 0) is 0 Å². The molecule has 1 heterocycles. The molecule has 17 heavy (non-hydrogen) atoms. The van der Waals surface area contributed by atoms with Gasteiger partial charge in [-0.15, -0.1) is 0 Å². The molecule has 0 spiro atoms. The van der Waals surface area contributed by atoms with Crippen LogP contribution in [0, 0.1) is 0 Å². The van der Waals surface area contributed by atoms with Crippen molar-refractivity contribution in [2.45, 2.75) is 45.1 Å². The Kier molecular flexibility index (Phi) is 6.96. The summed E-state index contributed by atoms with van der Waals surface area (Å²) in [4.78, 5) is 6.91. The molecule has 1 aliphatic heterocycles. The Morgan fingerprint density at radius 3 is 2.94 bits per heavy atom. The number of nitrogens with two attached hydrogens (primary N) is 1. The molecule has 0 saturated carbocycles. The van der Waals surface area contributed by atoms with Gasteiger partial charge in [0, 0.05) is 12.6 Å². The van der Waals surface area contributed by atoms with Crippen molar-refractivity contribution >= 4 is 5.96 Å². The zero-order valence-corrected chi connectivity index (χ0v) is 11.2. The molecule has 100 valence electrons. The van der Waals surface area contributed by atoms with Crippen LogP contribution in [0.5, 0.6) is 0 Å². The van der Waals surface area contributed by atoms with Gasteiger partial charge >= 0.3 is 0 Å². The van der Waals surface area contributed by atoms with E-state index in [1.807, 2.05) is 0 Å². The van der Waals surface area contributed by atoms with Gasteiger partial charge < -0.3 is 10.2 Å². The van der Waals surface area contributed by atoms with Crippen molar-refractivity contribution in [3.8, 4) is 0 Å². The predicted octanol–water partition coefficient (Wildman–Crippen LogP) is 0.680. The number of unbranched alkanes of at least 4 members (excludes halogenated alkanes) is 1. The van der Waals surface area contributed by atoms with Crippen LogP contribution in [0.2, 0.25) is 0 Å². The van der Waals surface area contributed by atoms with Crippen LogP contribution < -0.4 is 16.6 Å². The Morgan fingerprint density at radius 1 is 1.47 bits per heavy atom. The summed E-state index contributed by atoms with van der Waals surface area (Å²) in [7, 11) is 2.18. The van der Waals surface area contributed by atoms with E-state index < -0.39 is 0 Å². The molecule has 0 aliphatic carbocycles. The van der Waals surface area contributed by atoms with Crippen molar-refractivity contribution in [1.82, 2.24) is 15.6 Å². The molecule has 1 fully saturated rings. The summed E-state index contributed by atoms with van der Waals surface area (Å²) in [5, 5.41) is 3.22. The number of hydrazine groups is 1. The Bertz CT molecular complexity index is 229. The maximum Gasteiger partial charge on any atom is 0.205 e. The van der Waals surface area contributed by atoms with Gasteiger partial charge in [-0.1, -0.05) is 19.8 Å². The largest absolute Gasteiger partial charge is 0.355 e. The lowest BCUT2D eigenvalue weighted by molar-refractivity contribution is 0.191. The van der Waals surface area contributed by atoms with E-state index in [2.05, 4.69) is 34.6 Å². The van der Waals surface area contributed by atoms with E-state index in [1.54, 1.807) is 0 Å². The normalized spacial score (nSPS) is 22.5. The van der Waals surface area contributed by atoms with Crippen LogP contribution in [0.1, 0.15) is 39.0 Å². The summed E-state index contributed by atoms with van der Waals surface area (Å²) in [6.45, 7) is 5.12. The first-order valence-corrected chi connectivity index (χ1v) is 6.73. The summed E-state index contributed by atoms with van der Waals surface area (Å²) in [5.41, 5.74) is 2.64. The molecule has 1 rings (SSSR count). The maximum atomic E-state index is 5.45. The van der Waals surface area contributed by atoms with E-state index in [-0.39, 0.29) is 0 Å². The lowest BCUT2D eigenvalue weighted by Gasteiger charge is -2.31. The van der Waals surface area contributed by atoms with E-state index >= 15 is 0 Å². The molecule has 1 aliphatic rings. The first-order chi connectivity index (χ1) is 8.27. The highest BCUT2D eigenvalue weighted by Gasteiger charge is 2.18. The molecule has 0 aromatic rings. The van der Waals surface area contributed by atoms with Gasteiger partial charge in [-0.25, -0.2) is 5.84 Å². The molecule has 0 bridgehead atoms. The molecule has 1 saturated heterocycles. The molecule has 0 aromatic heterocycles. The van der Waals surface area contributed by atoms with Gasteiger partial charge in [-0.3, -0.25) is 10.4 Å². The van der Waals surface area contributed by atoms with Gasteiger partial charge in [0.15, 0.2) is 0 Å². The second-order valence-corrected chi connectivity index (χ2v) is 4.74. The monoisotopic (exact) mass is 241 g/mol. The standard InChI is InChI=1S/C12H27N5/c1-3-4-8-14-12(16-13)15-10-11-7-5-6-9-17(11)2/h11H,3-10,13H2,1-2H3,(H2,14,15,16). The van der Waals surface area contributed by atoms with Crippen molar-refractivity contribution in [2.75, 3.05) is 26.7 Å². The van der Waals surface area contributed by atoms with E-state index in [0.717, 1.165) is 25.5 Å². The van der Waals surface area contributed by atoms with Crippen molar-refractivity contribution in [3.05, 3.63) is 0 Å². The minimum absolute atomic E-state index is 0.570. The summed E-state index contributed by atoms with van der Waals surface area (Å²) >= 11 is 0. The van der Waals surface area contributed by atoms with Crippen LogP contribution in [-0.4, -0.2) is 43.6 Å². The van der Waals surface area contributed by atoms with Crippen LogP contribution in [0.25, 0.3) is 0 Å². The minimum Gasteiger partial charge on any atom is -0.355 e. The number of likely N-dealkylation sites (N-methyl/N-ethyl adjacent to an activating group) is 1. The molecular weight excluding hydrogens is 214 g/mol. The molecular formula is C12H27N5. The third-order valence-corrected chi connectivity index (χ3v) is 3.34. The first-order valence-electron chi connectivity index (χ1n) is 6.73. The predicted molar refractivity (Wildman–Crippen MR) is 72.8 cm³/mol. The molecule has 0 aromatic carbocycles. The highest BCUT2D eigenvalue weighted by atomic mass is 15.3. The molecule has 0 amide bonds. The van der Waals surface area contributed by atoms with Crippen LogP contribution in [0.15, 0.2) is 4.99 Å². The number of guanidine groups is 1. The number of rotatable bonds is 5. The topological polar surface area (TPSA) is 65.7 Å². The Morgan fingerprint density at radius 2 is 2.29 bits per heavy atom. The number of piperidine rings is 1. The SMILES string of the molecule is CCCCNC(=NCC1CCCCN1C)NN. The van der Waals surface area contributed by atoms with E-state index in [4.69, 9.17) is 5.84 Å². The second kappa shape index (κ2) is 8.31. The maximum absolute atomic E-state index is 5.45. The zero-order chi connectivity index (χ0) is 12.5. The Labute approximate surface area is 105 Å². The van der Waals surface area contributed by atoms with Gasteiger partial charge in [0.1, 0.15) is 0 Å². The zero-order valence-electron chi connectivity index (χ0n) is 11.2. The number of hydrogen-bond acceptors (Lipinski definition) is 3. The molecule has 0 radical (unpaired) electrons. The third kappa shape index (κ3) is 5.37. The van der Waals surface area contributed by atoms with Crippen molar-refractivity contribution in [2.24, 2.45) is 10.8 Å². The Hall–Kier alpha value is -0.810. The lowest BCUT2D eigenvalue weighted by Crippen LogP contribution is -2.44. The highest BCUT2D eigenvalue weighted by molar-refractivity contribution is 5.79. The fourth-order valence-electron chi connectivity index (χ4n) is 2.11. The first kappa shape index (κ1) is 14.3. The molecule has 5 heteroatoms. The summed E-state index contributed by atoms with van der Waals surface area (Å²) in [6.07, 6.45) is 6.19. The van der Waals surface area contributed by atoms with E-state index in [1.165, 1.54) is 32.2 Å². The fourth-order valence-corrected chi connectivity index (χ4v) is 2.11. The third-order valence-electron chi connectivity index (χ3n) is 3.34. The number of likely N-dealkylation sites (tertiary alicyclic amines) is 1. The van der Waals surface area contributed by atoms with Gasteiger partial charge in [0.05, 0.1) is 6.54 Å². The Balaban J connectivity index is 2.32. The number of aliphatic imine (C=N–C) groups is 1. The van der Waals surface area contributed by atoms with Gasteiger partial charge in [-0.05, 0) is 32.9 Å². The molecule has 5 nitrogen and oxygen atoms in total. The van der Waals surface area contributed by atoms with Crippen LogP contribution in [0.4, 0.5) is 0 Å². The summed E-state index contributed by atoms with van der Waals surface area (Å²) < 4.78 is 0.